The van der Waals surface area contributed by atoms with E-state index in [1.807, 2.05) is 27.8 Å². The van der Waals surface area contributed by atoms with Crippen molar-refractivity contribution in [3.63, 3.8) is 0 Å². The predicted octanol–water partition coefficient (Wildman–Crippen LogP) is 3.62. The molecule has 5 heteroatoms. The molecule has 0 spiro atoms. The van der Waals surface area contributed by atoms with Gasteiger partial charge < -0.3 is 10.2 Å². The van der Waals surface area contributed by atoms with Gasteiger partial charge >= 0.3 is 0 Å². The average molecular weight is 378 g/mol. The van der Waals surface area contributed by atoms with Crippen LogP contribution < -0.4 is 5.32 Å². The Morgan fingerprint density at radius 3 is 2.58 bits per heavy atom. The molecular formula is C21H35N3OS. The highest BCUT2D eigenvalue weighted by molar-refractivity contribution is 7.86. The van der Waals surface area contributed by atoms with Crippen LogP contribution in [0.3, 0.4) is 0 Å². The molecule has 146 valence electrons. The van der Waals surface area contributed by atoms with Gasteiger partial charge in [-0.15, -0.1) is 0 Å². The summed E-state index contributed by atoms with van der Waals surface area (Å²) in [6.07, 6.45) is 2.32. The minimum Gasteiger partial charge on any atom is -0.355 e. The summed E-state index contributed by atoms with van der Waals surface area (Å²) in [5.74, 6) is 2.86. The summed E-state index contributed by atoms with van der Waals surface area (Å²) < 4.78 is 12.1. The number of hydrogen-bond donors (Lipinski definition) is 1. The van der Waals surface area contributed by atoms with E-state index in [4.69, 9.17) is 0 Å². The highest BCUT2D eigenvalue weighted by atomic mass is 32.2. The molecule has 0 radical (unpaired) electrons. The smallest absolute Gasteiger partial charge is 0.193 e. The number of nitrogens with zero attached hydrogens (tertiary/aromatic N) is 2. The summed E-state index contributed by atoms with van der Waals surface area (Å²) in [4.78, 5) is 6.84. The lowest BCUT2D eigenvalue weighted by Crippen LogP contribution is -2.49. The van der Waals surface area contributed by atoms with Gasteiger partial charge in [0.05, 0.1) is 0 Å². The Morgan fingerprint density at radius 1 is 1.31 bits per heavy atom. The minimum atomic E-state index is -0.836. The summed E-state index contributed by atoms with van der Waals surface area (Å²) in [5.41, 5.74) is 1.46. The Labute approximate surface area is 161 Å². The first-order chi connectivity index (χ1) is 12.4. The summed E-state index contributed by atoms with van der Waals surface area (Å²) in [7, 11) is 1.00. The number of hydrogen-bond acceptors (Lipinski definition) is 2. The second-order valence-corrected chi connectivity index (χ2v) is 10.4. The molecule has 1 N–H and O–H groups in total. The van der Waals surface area contributed by atoms with Crippen molar-refractivity contribution >= 4 is 16.8 Å². The molecule has 1 aromatic rings. The topological polar surface area (TPSA) is 44.7 Å². The van der Waals surface area contributed by atoms with Crippen LogP contribution in [0.25, 0.3) is 0 Å². The molecule has 0 amide bonds. The molecule has 26 heavy (non-hydrogen) atoms. The summed E-state index contributed by atoms with van der Waals surface area (Å²) in [6, 6.07) is 10.9. The number of piperidine rings is 1. The van der Waals surface area contributed by atoms with Crippen LogP contribution in [0, 0.1) is 5.92 Å². The van der Waals surface area contributed by atoms with Crippen molar-refractivity contribution in [1.82, 2.24) is 10.2 Å². The SMILES string of the molecule is CCC1CN(C(=NC)NCCS(=O)C(C)(C)C)CCC1c1ccccc1. The van der Waals surface area contributed by atoms with Crippen molar-refractivity contribution in [2.45, 2.75) is 51.2 Å². The standard InChI is InChI=1S/C21H35N3OS/c1-6-17-16-24(14-12-19(17)18-10-8-7-9-11-18)20(22-5)23-13-15-26(25)21(2,3)4/h7-11,17,19H,6,12-16H2,1-5H3,(H,22,23). The molecule has 2 rings (SSSR count). The third-order valence-electron chi connectivity index (χ3n) is 5.25. The molecule has 1 saturated heterocycles. The van der Waals surface area contributed by atoms with E-state index < -0.39 is 10.8 Å². The van der Waals surface area contributed by atoms with E-state index in [0.29, 0.717) is 24.1 Å². The van der Waals surface area contributed by atoms with Crippen molar-refractivity contribution in [3.05, 3.63) is 35.9 Å². The van der Waals surface area contributed by atoms with Crippen LogP contribution in [0.4, 0.5) is 0 Å². The summed E-state index contributed by atoms with van der Waals surface area (Å²) in [5, 5.41) is 3.42. The average Bonchev–Trinajstić information content (AvgIpc) is 2.64. The monoisotopic (exact) mass is 377 g/mol. The van der Waals surface area contributed by atoms with Gasteiger partial charge in [0.1, 0.15) is 0 Å². The van der Waals surface area contributed by atoms with Gasteiger partial charge in [-0.2, -0.15) is 0 Å². The number of nitrogens with one attached hydrogen (secondary N) is 1. The van der Waals surface area contributed by atoms with Gasteiger partial charge in [-0.25, -0.2) is 0 Å². The first-order valence-electron chi connectivity index (χ1n) is 9.75. The Morgan fingerprint density at radius 2 is 2.00 bits per heavy atom. The zero-order valence-corrected chi connectivity index (χ0v) is 17.8. The van der Waals surface area contributed by atoms with E-state index in [1.54, 1.807) is 0 Å². The molecule has 0 aromatic heterocycles. The zero-order chi connectivity index (χ0) is 19.2. The number of benzene rings is 1. The highest BCUT2D eigenvalue weighted by Crippen LogP contribution is 2.34. The fourth-order valence-electron chi connectivity index (χ4n) is 3.67. The third-order valence-corrected chi connectivity index (χ3v) is 7.19. The predicted molar refractivity (Wildman–Crippen MR) is 113 cm³/mol. The molecule has 1 aliphatic rings. The number of guanidine groups is 1. The molecule has 1 fully saturated rings. The summed E-state index contributed by atoms with van der Waals surface area (Å²) >= 11 is 0. The second-order valence-electron chi connectivity index (χ2n) is 8.06. The zero-order valence-electron chi connectivity index (χ0n) is 17.0. The molecule has 3 atom stereocenters. The molecule has 4 nitrogen and oxygen atoms in total. The Kier molecular flexibility index (Phi) is 7.69. The number of rotatable bonds is 5. The maximum absolute atomic E-state index is 12.2. The molecule has 1 aromatic carbocycles. The van der Waals surface area contributed by atoms with Crippen LogP contribution in [0.5, 0.6) is 0 Å². The van der Waals surface area contributed by atoms with Crippen molar-refractivity contribution in [2.24, 2.45) is 10.9 Å². The van der Waals surface area contributed by atoms with Gasteiger partial charge in [-0.1, -0.05) is 43.7 Å². The van der Waals surface area contributed by atoms with Crippen molar-refractivity contribution < 1.29 is 4.21 Å². The maximum Gasteiger partial charge on any atom is 0.193 e. The Balaban J connectivity index is 1.93. The Bertz CT molecular complexity index is 609. The van der Waals surface area contributed by atoms with Gasteiger partial charge in [-0.3, -0.25) is 9.20 Å². The normalized spacial score (nSPS) is 23.0. The molecule has 3 unspecified atom stereocenters. The molecule has 0 aliphatic carbocycles. The lowest BCUT2D eigenvalue weighted by Gasteiger charge is -2.40. The van der Waals surface area contributed by atoms with Crippen molar-refractivity contribution in [3.8, 4) is 0 Å². The fraction of sp³-hybridized carbons (Fsp3) is 0.667. The lowest BCUT2D eigenvalue weighted by atomic mass is 9.79. The number of aliphatic imine (C=N–C) groups is 1. The first-order valence-corrected chi connectivity index (χ1v) is 11.1. The van der Waals surface area contributed by atoms with Crippen molar-refractivity contribution in [1.29, 1.82) is 0 Å². The van der Waals surface area contributed by atoms with Gasteiger partial charge in [0, 0.05) is 48.0 Å². The molecule has 1 heterocycles. The van der Waals surface area contributed by atoms with Gasteiger partial charge in [-0.05, 0) is 44.6 Å². The van der Waals surface area contributed by atoms with Crippen LogP contribution in [-0.4, -0.2) is 52.3 Å². The van der Waals surface area contributed by atoms with Crippen LogP contribution in [0.15, 0.2) is 35.3 Å². The quantitative estimate of drug-likeness (QED) is 0.629. The largest absolute Gasteiger partial charge is 0.355 e. The van der Waals surface area contributed by atoms with E-state index >= 15 is 0 Å². The van der Waals surface area contributed by atoms with Crippen LogP contribution in [0.1, 0.15) is 52.0 Å². The minimum absolute atomic E-state index is 0.160. The molecule has 0 saturated carbocycles. The van der Waals surface area contributed by atoms with Gasteiger partial charge in [0.15, 0.2) is 5.96 Å². The van der Waals surface area contributed by atoms with Crippen molar-refractivity contribution in [2.75, 3.05) is 32.4 Å². The summed E-state index contributed by atoms with van der Waals surface area (Å²) in [6.45, 7) is 11.1. The van der Waals surface area contributed by atoms with E-state index in [9.17, 15) is 4.21 Å². The van der Waals surface area contributed by atoms with E-state index in [1.165, 1.54) is 12.0 Å². The van der Waals surface area contributed by atoms with E-state index in [-0.39, 0.29) is 4.75 Å². The lowest BCUT2D eigenvalue weighted by molar-refractivity contribution is 0.216. The second kappa shape index (κ2) is 9.54. The van der Waals surface area contributed by atoms with Crippen LogP contribution >= 0.6 is 0 Å². The number of likely N-dealkylation sites (tertiary alicyclic amines) is 1. The van der Waals surface area contributed by atoms with E-state index in [2.05, 4.69) is 52.5 Å². The van der Waals surface area contributed by atoms with E-state index in [0.717, 1.165) is 25.5 Å². The highest BCUT2D eigenvalue weighted by Gasteiger charge is 2.30. The van der Waals surface area contributed by atoms with Crippen LogP contribution in [-0.2, 0) is 10.8 Å². The fourth-order valence-corrected chi connectivity index (χ4v) is 4.57. The molecule has 0 bridgehead atoms. The van der Waals surface area contributed by atoms with Gasteiger partial charge in [0.2, 0.25) is 0 Å². The first kappa shape index (κ1) is 20.9. The molecular weight excluding hydrogens is 342 g/mol. The van der Waals surface area contributed by atoms with Gasteiger partial charge in [0.25, 0.3) is 0 Å². The Hall–Kier alpha value is -1.36. The molecule has 1 aliphatic heterocycles. The maximum atomic E-state index is 12.2. The third kappa shape index (κ3) is 5.57. The van der Waals surface area contributed by atoms with Crippen LogP contribution in [0.2, 0.25) is 0 Å².